The van der Waals surface area contributed by atoms with Crippen molar-refractivity contribution < 1.29 is 4.42 Å². The molecule has 0 atom stereocenters. The number of rotatable bonds is 3. The molecule has 2 heterocycles. The van der Waals surface area contributed by atoms with Crippen LogP contribution in [0.3, 0.4) is 0 Å². The van der Waals surface area contributed by atoms with Crippen LogP contribution >= 0.6 is 22.9 Å². The molecule has 2 aromatic heterocycles. The van der Waals surface area contributed by atoms with Crippen LogP contribution in [0, 0.1) is 11.3 Å². The Morgan fingerprint density at radius 2 is 1.92 bits per heavy atom. The first-order valence-electron chi connectivity index (χ1n) is 8.19. The molecule has 0 unspecified atom stereocenters. The average Bonchev–Trinajstić information content (AvgIpc) is 3.24. The molecule has 0 aliphatic heterocycles. The predicted molar refractivity (Wildman–Crippen MR) is 102 cm³/mol. The number of hydrogen-bond donors (Lipinski definition) is 0. The molecular formula is C20H15ClN2OS. The van der Waals surface area contributed by atoms with Crippen LogP contribution < -0.4 is 0 Å². The van der Waals surface area contributed by atoms with Crippen LogP contribution in [0.2, 0.25) is 5.02 Å². The first kappa shape index (κ1) is 16.1. The van der Waals surface area contributed by atoms with Crippen molar-refractivity contribution in [3.8, 4) is 17.4 Å². The van der Waals surface area contributed by atoms with Gasteiger partial charge in [0.25, 0.3) is 0 Å². The van der Waals surface area contributed by atoms with Gasteiger partial charge < -0.3 is 4.42 Å². The van der Waals surface area contributed by atoms with E-state index in [1.165, 1.54) is 16.9 Å². The molecule has 1 aliphatic rings. The average molecular weight is 367 g/mol. The van der Waals surface area contributed by atoms with E-state index < -0.39 is 0 Å². The van der Waals surface area contributed by atoms with Gasteiger partial charge >= 0.3 is 0 Å². The van der Waals surface area contributed by atoms with Gasteiger partial charge in [0.1, 0.15) is 22.6 Å². The van der Waals surface area contributed by atoms with Crippen LogP contribution in [0.1, 0.15) is 34.6 Å². The molecule has 1 aliphatic carbocycles. The second-order valence-electron chi connectivity index (χ2n) is 5.97. The number of fused-ring (bicyclic) bond motifs is 1. The number of aliphatic imine (C=N–C) groups is 1. The van der Waals surface area contributed by atoms with E-state index >= 15 is 0 Å². The molecule has 0 amide bonds. The lowest BCUT2D eigenvalue weighted by Gasteiger charge is -2.09. The molecule has 0 saturated carbocycles. The van der Waals surface area contributed by atoms with Gasteiger partial charge in [0, 0.05) is 15.5 Å². The lowest BCUT2D eigenvalue weighted by molar-refractivity contribution is 0.575. The number of benzene rings is 1. The van der Waals surface area contributed by atoms with Crippen LogP contribution in [0.5, 0.6) is 0 Å². The van der Waals surface area contributed by atoms with E-state index in [2.05, 4.69) is 11.1 Å². The molecule has 25 heavy (non-hydrogen) atoms. The third-order valence-electron chi connectivity index (χ3n) is 4.33. The molecule has 0 spiro atoms. The van der Waals surface area contributed by atoms with Crippen molar-refractivity contribution in [2.24, 2.45) is 4.99 Å². The summed E-state index contributed by atoms with van der Waals surface area (Å²) in [5.74, 6) is 1.43. The molecule has 0 radical (unpaired) electrons. The summed E-state index contributed by atoms with van der Waals surface area (Å²) < 4.78 is 5.84. The first-order chi connectivity index (χ1) is 12.2. The molecule has 5 heteroatoms. The predicted octanol–water partition coefficient (Wildman–Crippen LogP) is 6.16. The van der Waals surface area contributed by atoms with E-state index in [1.54, 1.807) is 17.6 Å². The fourth-order valence-corrected chi connectivity index (χ4v) is 4.38. The third-order valence-corrected chi connectivity index (χ3v) is 5.78. The summed E-state index contributed by atoms with van der Waals surface area (Å²) >= 11 is 7.55. The molecule has 0 bridgehead atoms. The fourth-order valence-electron chi connectivity index (χ4n) is 3.07. The van der Waals surface area contributed by atoms with Gasteiger partial charge in [-0.15, -0.1) is 11.3 Å². The Balaban J connectivity index is 1.60. The van der Waals surface area contributed by atoms with Gasteiger partial charge in [-0.05, 0) is 67.6 Å². The smallest absolute Gasteiger partial charge is 0.145 e. The summed E-state index contributed by atoms with van der Waals surface area (Å²) in [4.78, 5) is 5.85. The Morgan fingerprint density at radius 1 is 1.12 bits per heavy atom. The second kappa shape index (κ2) is 6.87. The van der Waals surface area contributed by atoms with Crippen LogP contribution in [-0.2, 0) is 12.8 Å². The van der Waals surface area contributed by atoms with Crippen molar-refractivity contribution in [3.05, 3.63) is 63.2 Å². The molecule has 3 aromatic rings. The van der Waals surface area contributed by atoms with Crippen molar-refractivity contribution in [3.63, 3.8) is 0 Å². The van der Waals surface area contributed by atoms with E-state index in [9.17, 15) is 5.26 Å². The molecule has 0 N–H and O–H groups in total. The van der Waals surface area contributed by atoms with Gasteiger partial charge in [0.05, 0.1) is 11.8 Å². The maximum atomic E-state index is 9.48. The molecule has 0 saturated heterocycles. The highest BCUT2D eigenvalue weighted by Crippen LogP contribution is 2.39. The number of aryl methyl sites for hydroxylation is 1. The lowest BCUT2D eigenvalue weighted by atomic mass is 9.96. The number of hydrogen-bond acceptors (Lipinski definition) is 4. The molecular weight excluding hydrogens is 352 g/mol. The monoisotopic (exact) mass is 366 g/mol. The Labute approximate surface area is 155 Å². The van der Waals surface area contributed by atoms with E-state index in [1.807, 2.05) is 36.4 Å². The summed E-state index contributed by atoms with van der Waals surface area (Å²) in [5.41, 5.74) is 2.90. The van der Waals surface area contributed by atoms with Crippen LogP contribution in [0.15, 0.2) is 45.8 Å². The van der Waals surface area contributed by atoms with Gasteiger partial charge in [-0.2, -0.15) is 5.26 Å². The van der Waals surface area contributed by atoms with Crippen molar-refractivity contribution in [2.45, 2.75) is 25.7 Å². The summed E-state index contributed by atoms with van der Waals surface area (Å²) in [7, 11) is 0. The van der Waals surface area contributed by atoms with E-state index in [0.29, 0.717) is 10.8 Å². The Bertz CT molecular complexity index is 976. The second-order valence-corrected chi connectivity index (χ2v) is 7.49. The minimum Gasteiger partial charge on any atom is -0.455 e. The first-order valence-corrected chi connectivity index (χ1v) is 9.38. The summed E-state index contributed by atoms with van der Waals surface area (Å²) in [5, 5.41) is 11.0. The molecule has 0 fully saturated rings. The Hall–Kier alpha value is -2.35. The van der Waals surface area contributed by atoms with Gasteiger partial charge in [0.15, 0.2) is 0 Å². The van der Waals surface area contributed by atoms with Crippen LogP contribution in [0.25, 0.3) is 11.3 Å². The zero-order valence-electron chi connectivity index (χ0n) is 13.5. The zero-order valence-corrected chi connectivity index (χ0v) is 15.0. The van der Waals surface area contributed by atoms with Crippen LogP contribution in [-0.4, -0.2) is 6.21 Å². The molecule has 3 nitrogen and oxygen atoms in total. The Kier molecular flexibility index (Phi) is 4.44. The zero-order chi connectivity index (χ0) is 17.2. The number of furan rings is 1. The van der Waals surface area contributed by atoms with Gasteiger partial charge in [-0.1, -0.05) is 11.6 Å². The molecule has 124 valence electrons. The van der Waals surface area contributed by atoms with Crippen molar-refractivity contribution in [1.29, 1.82) is 5.26 Å². The van der Waals surface area contributed by atoms with E-state index in [0.717, 1.165) is 41.2 Å². The van der Waals surface area contributed by atoms with Crippen LogP contribution in [0.4, 0.5) is 5.00 Å². The number of nitrogens with zero attached hydrogens (tertiary/aromatic N) is 2. The third kappa shape index (κ3) is 3.26. The lowest BCUT2D eigenvalue weighted by Crippen LogP contribution is -1.99. The van der Waals surface area contributed by atoms with Gasteiger partial charge in [-0.3, -0.25) is 0 Å². The number of thiophene rings is 1. The summed E-state index contributed by atoms with van der Waals surface area (Å²) in [6.07, 6.45) is 6.10. The minimum atomic E-state index is 0.667. The Morgan fingerprint density at radius 3 is 2.72 bits per heavy atom. The molecule has 4 rings (SSSR count). The van der Waals surface area contributed by atoms with Crippen molar-refractivity contribution >= 4 is 34.2 Å². The normalized spacial score (nSPS) is 13.8. The molecule has 1 aromatic carbocycles. The van der Waals surface area contributed by atoms with E-state index in [4.69, 9.17) is 16.0 Å². The fraction of sp³-hybridized carbons (Fsp3) is 0.200. The highest BCUT2D eigenvalue weighted by Gasteiger charge is 2.20. The SMILES string of the molecule is N#Cc1c(/N=C/c2ccc(-c3ccc(Cl)cc3)o2)sc2c1CCCC2. The highest BCUT2D eigenvalue weighted by molar-refractivity contribution is 7.16. The van der Waals surface area contributed by atoms with E-state index in [-0.39, 0.29) is 0 Å². The van der Waals surface area contributed by atoms with Gasteiger partial charge in [0.2, 0.25) is 0 Å². The maximum absolute atomic E-state index is 9.48. The maximum Gasteiger partial charge on any atom is 0.145 e. The number of halogens is 1. The minimum absolute atomic E-state index is 0.667. The van der Waals surface area contributed by atoms with Crippen molar-refractivity contribution in [2.75, 3.05) is 0 Å². The largest absolute Gasteiger partial charge is 0.455 e. The summed E-state index contributed by atoms with van der Waals surface area (Å²) in [6, 6.07) is 13.6. The standard InChI is InChI=1S/C20H15ClN2OS/c21-14-7-5-13(6-8-14)18-10-9-15(24-18)12-23-20-17(11-22)16-3-1-2-4-19(16)25-20/h5-10,12H,1-4H2/b23-12+. The quantitative estimate of drug-likeness (QED) is 0.521. The summed E-state index contributed by atoms with van der Waals surface area (Å²) in [6.45, 7) is 0. The van der Waals surface area contributed by atoms with Crippen molar-refractivity contribution in [1.82, 2.24) is 0 Å². The topological polar surface area (TPSA) is 49.3 Å². The van der Waals surface area contributed by atoms with Gasteiger partial charge in [-0.25, -0.2) is 4.99 Å². The highest BCUT2D eigenvalue weighted by atomic mass is 35.5. The number of nitriles is 1.